The largest absolute Gasteiger partial charge is 0.481 e. The molecule has 0 aromatic heterocycles. The highest BCUT2D eigenvalue weighted by Crippen LogP contribution is 2.65. The third kappa shape index (κ3) is 4.24. The summed E-state index contributed by atoms with van der Waals surface area (Å²) >= 11 is 0. The summed E-state index contributed by atoms with van der Waals surface area (Å²) in [6.45, 7) is 13.5. The van der Waals surface area contributed by atoms with Crippen LogP contribution in [0.3, 0.4) is 0 Å². The molecule has 3 aliphatic carbocycles. The van der Waals surface area contributed by atoms with Crippen LogP contribution < -0.4 is 0 Å². The first-order chi connectivity index (χ1) is 14.4. The Morgan fingerprint density at radius 2 is 1.74 bits per heavy atom. The Bertz CT molecular complexity index is 765. The van der Waals surface area contributed by atoms with Crippen molar-refractivity contribution < 1.29 is 19.8 Å². The molecule has 0 unspecified atom stereocenters. The van der Waals surface area contributed by atoms with E-state index in [2.05, 4.69) is 52.8 Å². The average molecular weight is 431 g/mol. The van der Waals surface area contributed by atoms with Crippen LogP contribution in [0.5, 0.6) is 0 Å². The first kappa shape index (κ1) is 24.1. The molecule has 2 N–H and O–H groups in total. The molecular weight excluding hydrogens is 388 g/mol. The number of hydrogen-bond acceptors (Lipinski definition) is 2. The normalized spacial score (nSPS) is 39.6. The number of carboxylic acid groups (broad SMARTS) is 2. The Labute approximate surface area is 188 Å². The molecule has 0 spiro atoms. The monoisotopic (exact) mass is 430 g/mol. The summed E-state index contributed by atoms with van der Waals surface area (Å²) < 4.78 is 0. The number of hydrogen-bond donors (Lipinski definition) is 2. The van der Waals surface area contributed by atoms with E-state index in [0.717, 1.165) is 19.3 Å². The van der Waals surface area contributed by atoms with Crippen LogP contribution in [0.15, 0.2) is 23.8 Å². The van der Waals surface area contributed by atoms with Gasteiger partial charge < -0.3 is 10.2 Å². The van der Waals surface area contributed by atoms with Crippen LogP contribution in [-0.2, 0) is 9.59 Å². The molecule has 0 heterocycles. The van der Waals surface area contributed by atoms with Gasteiger partial charge in [-0.1, -0.05) is 65.3 Å². The van der Waals surface area contributed by atoms with Gasteiger partial charge in [-0.2, -0.15) is 0 Å². The summed E-state index contributed by atoms with van der Waals surface area (Å²) in [6.07, 6.45) is 11.7. The van der Waals surface area contributed by atoms with Crippen molar-refractivity contribution in [3.63, 3.8) is 0 Å². The second-order valence-corrected chi connectivity index (χ2v) is 11.6. The maximum absolute atomic E-state index is 12.0. The fraction of sp³-hybridized carbons (Fsp3) is 0.778. The molecule has 8 atom stereocenters. The molecule has 2 saturated carbocycles. The molecule has 4 heteroatoms. The van der Waals surface area contributed by atoms with Crippen LogP contribution in [0.1, 0.15) is 80.1 Å². The Morgan fingerprint density at radius 1 is 1.06 bits per heavy atom. The highest BCUT2D eigenvalue weighted by atomic mass is 16.4. The molecule has 0 radical (unpaired) electrons. The Morgan fingerprint density at radius 3 is 2.32 bits per heavy atom. The zero-order valence-corrected chi connectivity index (χ0v) is 20.2. The van der Waals surface area contributed by atoms with Crippen molar-refractivity contribution in [1.82, 2.24) is 0 Å². The van der Waals surface area contributed by atoms with E-state index in [9.17, 15) is 19.8 Å². The van der Waals surface area contributed by atoms with Gasteiger partial charge in [0.05, 0.1) is 12.3 Å². The van der Waals surface area contributed by atoms with Gasteiger partial charge in [0.2, 0.25) is 0 Å². The average Bonchev–Trinajstić information content (AvgIpc) is 3.02. The van der Waals surface area contributed by atoms with E-state index >= 15 is 0 Å². The van der Waals surface area contributed by atoms with Gasteiger partial charge in [-0.05, 0) is 78.4 Å². The van der Waals surface area contributed by atoms with Crippen LogP contribution in [0, 0.1) is 52.3 Å². The zero-order chi connectivity index (χ0) is 23.1. The fourth-order valence-corrected chi connectivity index (χ4v) is 7.32. The number of carbonyl (C=O) groups is 2. The lowest BCUT2D eigenvalue weighted by atomic mass is 9.49. The summed E-state index contributed by atoms with van der Waals surface area (Å²) in [4.78, 5) is 23.7. The van der Waals surface area contributed by atoms with Crippen LogP contribution >= 0.6 is 0 Å². The van der Waals surface area contributed by atoms with Crippen molar-refractivity contribution in [3.05, 3.63) is 23.8 Å². The summed E-state index contributed by atoms with van der Waals surface area (Å²) in [6, 6.07) is 0. The van der Waals surface area contributed by atoms with Crippen molar-refractivity contribution >= 4 is 11.9 Å². The van der Waals surface area contributed by atoms with E-state index in [0.29, 0.717) is 36.0 Å². The van der Waals surface area contributed by atoms with Crippen molar-refractivity contribution in [2.75, 3.05) is 0 Å². The van der Waals surface area contributed by atoms with Gasteiger partial charge in [-0.3, -0.25) is 9.59 Å². The highest BCUT2D eigenvalue weighted by molar-refractivity contribution is 5.75. The summed E-state index contributed by atoms with van der Waals surface area (Å²) in [7, 11) is 0. The van der Waals surface area contributed by atoms with Gasteiger partial charge in [-0.25, -0.2) is 0 Å². The van der Waals surface area contributed by atoms with Crippen LogP contribution in [0.25, 0.3) is 0 Å². The fourth-order valence-electron chi connectivity index (χ4n) is 7.32. The Kier molecular flexibility index (Phi) is 6.79. The molecule has 3 aliphatic rings. The van der Waals surface area contributed by atoms with E-state index in [1.54, 1.807) is 0 Å². The second-order valence-electron chi connectivity index (χ2n) is 11.6. The lowest BCUT2D eigenvalue weighted by Crippen LogP contribution is -2.50. The van der Waals surface area contributed by atoms with Gasteiger partial charge in [0.15, 0.2) is 0 Å². The minimum absolute atomic E-state index is 0.0644. The number of rotatable bonds is 7. The predicted molar refractivity (Wildman–Crippen MR) is 124 cm³/mol. The van der Waals surface area contributed by atoms with Gasteiger partial charge >= 0.3 is 11.9 Å². The van der Waals surface area contributed by atoms with E-state index in [1.165, 1.54) is 12.0 Å². The standard InChI is InChI=1S/C27H42O4/c1-16(2)17(3)7-8-18(4)20-11-12-21-19-9-10-23(25(30)31)27(6,15-24(28)29)22(19)13-14-26(20,21)5/h7-9,16-18,20-23H,10-15H2,1-6H3,(H,28,29)(H,30,31)/b8-7+/t17-,18+,20+,21-,22+,23+,26+,27-/m0/s1. The third-order valence-electron chi connectivity index (χ3n) is 9.60. The summed E-state index contributed by atoms with van der Waals surface area (Å²) in [5.74, 6) is 0.548. The minimum atomic E-state index is -0.884. The van der Waals surface area contributed by atoms with Gasteiger partial charge in [0.25, 0.3) is 0 Å². The second kappa shape index (κ2) is 8.75. The lowest BCUT2D eigenvalue weighted by molar-refractivity contribution is -0.153. The highest BCUT2D eigenvalue weighted by Gasteiger charge is 2.58. The quantitative estimate of drug-likeness (QED) is 0.457. The smallest absolute Gasteiger partial charge is 0.307 e. The van der Waals surface area contributed by atoms with E-state index in [-0.39, 0.29) is 17.8 Å². The van der Waals surface area contributed by atoms with E-state index in [1.807, 2.05) is 6.92 Å². The number of fused-ring (bicyclic) bond motifs is 3. The molecule has 0 bridgehead atoms. The Balaban J connectivity index is 1.87. The maximum atomic E-state index is 12.0. The molecule has 0 aromatic carbocycles. The molecular formula is C27H42O4. The summed E-state index contributed by atoms with van der Waals surface area (Å²) in [5.41, 5.74) is 0.886. The molecule has 174 valence electrons. The molecule has 0 aliphatic heterocycles. The SMILES string of the molecule is CC(C)[C@@H](C)/C=C/[C@@H](C)[C@H]1CC[C@H]2C3=CC[C@H](C(=O)O)[C@@](C)(CC(=O)O)[C@@H]3CC[C@]12C. The van der Waals surface area contributed by atoms with Crippen molar-refractivity contribution in [3.8, 4) is 0 Å². The number of allylic oxidation sites excluding steroid dienone is 4. The van der Waals surface area contributed by atoms with Gasteiger partial charge in [0, 0.05) is 0 Å². The molecule has 4 nitrogen and oxygen atoms in total. The summed E-state index contributed by atoms with van der Waals surface area (Å²) in [5, 5.41) is 19.4. The molecule has 0 saturated heterocycles. The lowest BCUT2D eigenvalue weighted by Gasteiger charge is -2.54. The molecule has 31 heavy (non-hydrogen) atoms. The maximum Gasteiger partial charge on any atom is 0.307 e. The van der Waals surface area contributed by atoms with Crippen molar-refractivity contribution in [2.45, 2.75) is 80.1 Å². The molecule has 3 rings (SSSR count). The van der Waals surface area contributed by atoms with E-state index < -0.39 is 23.3 Å². The van der Waals surface area contributed by atoms with Crippen LogP contribution in [0.2, 0.25) is 0 Å². The third-order valence-corrected chi connectivity index (χ3v) is 9.60. The predicted octanol–water partition coefficient (Wildman–Crippen LogP) is 6.43. The molecule has 0 aromatic rings. The number of aliphatic carboxylic acids is 2. The van der Waals surface area contributed by atoms with Crippen molar-refractivity contribution in [2.24, 2.45) is 52.3 Å². The van der Waals surface area contributed by atoms with Gasteiger partial charge in [0.1, 0.15) is 0 Å². The number of carboxylic acids is 2. The van der Waals surface area contributed by atoms with E-state index in [4.69, 9.17) is 0 Å². The van der Waals surface area contributed by atoms with Gasteiger partial charge in [-0.15, -0.1) is 0 Å². The molecule has 0 amide bonds. The zero-order valence-electron chi connectivity index (χ0n) is 20.2. The topological polar surface area (TPSA) is 74.6 Å². The first-order valence-electron chi connectivity index (χ1n) is 12.2. The van der Waals surface area contributed by atoms with Crippen molar-refractivity contribution in [1.29, 1.82) is 0 Å². The first-order valence-corrected chi connectivity index (χ1v) is 12.2. The Hall–Kier alpha value is -1.58. The van der Waals surface area contributed by atoms with Crippen LogP contribution in [0.4, 0.5) is 0 Å². The molecule has 2 fully saturated rings. The van der Waals surface area contributed by atoms with Crippen LogP contribution in [-0.4, -0.2) is 22.2 Å². The minimum Gasteiger partial charge on any atom is -0.481 e.